The Morgan fingerprint density at radius 3 is 2.72 bits per heavy atom. The van der Waals surface area contributed by atoms with Crippen molar-refractivity contribution in [3.05, 3.63) is 53.9 Å². The van der Waals surface area contributed by atoms with E-state index in [1.54, 1.807) is 6.20 Å². The van der Waals surface area contributed by atoms with Gasteiger partial charge in [0.2, 0.25) is 5.91 Å². The van der Waals surface area contributed by atoms with Crippen LogP contribution >= 0.6 is 11.8 Å². The number of amides is 1. The molecule has 0 saturated carbocycles. The Bertz CT molecular complexity index is 1030. The maximum absolute atomic E-state index is 13.6. The van der Waals surface area contributed by atoms with Gasteiger partial charge in [-0.1, -0.05) is 55.4 Å². The van der Waals surface area contributed by atoms with Gasteiger partial charge >= 0.3 is 0 Å². The molecule has 32 heavy (non-hydrogen) atoms. The number of likely N-dealkylation sites (tertiary alicyclic amines) is 1. The molecule has 1 fully saturated rings. The smallest absolute Gasteiger partial charge is 0.245 e. The van der Waals surface area contributed by atoms with E-state index in [0.29, 0.717) is 11.0 Å². The molecule has 2 atom stereocenters. The van der Waals surface area contributed by atoms with Gasteiger partial charge in [0.05, 0.1) is 6.04 Å². The minimum Gasteiger partial charge on any atom is -0.358 e. The molecule has 3 heterocycles. The fraction of sp³-hybridized carbons (Fsp3) is 0.440. The van der Waals surface area contributed by atoms with Crippen molar-refractivity contribution in [2.75, 3.05) is 18.1 Å². The number of hydrogen-bond acceptors (Lipinski definition) is 6. The molecule has 1 aromatic heterocycles. The lowest BCUT2D eigenvalue weighted by Gasteiger charge is -2.31. The quantitative estimate of drug-likeness (QED) is 0.485. The molecule has 0 spiro atoms. The van der Waals surface area contributed by atoms with Crippen molar-refractivity contribution in [3.8, 4) is 0 Å². The standard InChI is InChI=1S/C25H31N5OS/c1-16(2)23(28-22-11-12-26-25(29-22)32-4)24(31)30-13-5-6-21(30)20-14-19(15-27-20)18-9-7-17(3)8-10-18/h7-12,15-16,21,23H,5-6,13-14H2,1-4H3,(H,26,28,29)/t21-,23-/m0/s1. The summed E-state index contributed by atoms with van der Waals surface area (Å²) in [5, 5.41) is 4.07. The van der Waals surface area contributed by atoms with Gasteiger partial charge in [0, 0.05) is 31.1 Å². The Morgan fingerprint density at radius 1 is 1.22 bits per heavy atom. The molecule has 0 aliphatic carbocycles. The Morgan fingerprint density at radius 2 is 2.00 bits per heavy atom. The lowest BCUT2D eigenvalue weighted by Crippen LogP contribution is -2.49. The Kier molecular flexibility index (Phi) is 6.94. The number of aromatic nitrogens is 2. The number of nitrogens with zero attached hydrogens (tertiary/aromatic N) is 4. The van der Waals surface area contributed by atoms with E-state index in [-0.39, 0.29) is 23.9 Å². The fourth-order valence-corrected chi connectivity index (χ4v) is 4.70. The largest absolute Gasteiger partial charge is 0.358 e. The third-order valence-electron chi connectivity index (χ3n) is 6.15. The minimum absolute atomic E-state index is 0.0666. The highest BCUT2D eigenvalue weighted by molar-refractivity contribution is 7.98. The first-order valence-electron chi connectivity index (χ1n) is 11.2. The molecule has 168 valence electrons. The van der Waals surface area contributed by atoms with Gasteiger partial charge in [-0.15, -0.1) is 0 Å². The monoisotopic (exact) mass is 449 g/mol. The van der Waals surface area contributed by atoms with E-state index in [1.165, 1.54) is 28.5 Å². The molecule has 7 heteroatoms. The summed E-state index contributed by atoms with van der Waals surface area (Å²) >= 11 is 1.49. The lowest BCUT2D eigenvalue weighted by molar-refractivity contribution is -0.132. The first-order valence-corrected chi connectivity index (χ1v) is 12.5. The van der Waals surface area contributed by atoms with Crippen LogP contribution in [0.25, 0.3) is 5.57 Å². The van der Waals surface area contributed by atoms with E-state index in [1.807, 2.05) is 23.4 Å². The summed E-state index contributed by atoms with van der Waals surface area (Å²) in [5.74, 6) is 0.940. The number of benzene rings is 1. The van der Waals surface area contributed by atoms with Crippen molar-refractivity contribution in [2.45, 2.75) is 57.3 Å². The van der Waals surface area contributed by atoms with Gasteiger partial charge in [-0.05, 0) is 49.1 Å². The molecule has 1 N–H and O–H groups in total. The van der Waals surface area contributed by atoms with Gasteiger partial charge in [-0.2, -0.15) is 0 Å². The second-order valence-corrected chi connectivity index (χ2v) is 9.58. The van der Waals surface area contributed by atoms with E-state index in [0.717, 1.165) is 31.5 Å². The molecule has 2 aromatic rings. The second-order valence-electron chi connectivity index (χ2n) is 8.80. The number of carbonyl (C=O) groups is 1. The zero-order valence-electron chi connectivity index (χ0n) is 19.2. The molecule has 1 aromatic carbocycles. The molecule has 4 rings (SSSR count). The number of rotatable bonds is 7. The summed E-state index contributed by atoms with van der Waals surface area (Å²) in [6, 6.07) is 10.1. The average Bonchev–Trinajstić information content (AvgIpc) is 3.47. The van der Waals surface area contributed by atoms with Gasteiger partial charge in [-0.25, -0.2) is 9.97 Å². The first-order chi connectivity index (χ1) is 15.5. The molecule has 2 aliphatic rings. The van der Waals surface area contributed by atoms with Crippen molar-refractivity contribution in [2.24, 2.45) is 10.9 Å². The lowest BCUT2D eigenvalue weighted by atomic mass is 9.97. The highest BCUT2D eigenvalue weighted by Gasteiger charge is 2.37. The minimum atomic E-state index is -0.341. The molecule has 0 bridgehead atoms. The van der Waals surface area contributed by atoms with Crippen LogP contribution in [-0.2, 0) is 4.79 Å². The molecule has 2 aliphatic heterocycles. The third-order valence-corrected chi connectivity index (χ3v) is 6.71. The summed E-state index contributed by atoms with van der Waals surface area (Å²) in [6.45, 7) is 7.01. The van der Waals surface area contributed by atoms with E-state index < -0.39 is 0 Å². The Labute approximate surface area is 194 Å². The third kappa shape index (κ3) is 4.88. The van der Waals surface area contributed by atoms with E-state index in [2.05, 4.69) is 60.3 Å². The topological polar surface area (TPSA) is 70.5 Å². The second kappa shape index (κ2) is 9.86. The highest BCUT2D eigenvalue weighted by atomic mass is 32.2. The highest BCUT2D eigenvalue weighted by Crippen LogP contribution is 2.31. The normalized spacial score (nSPS) is 19.2. The van der Waals surface area contributed by atoms with Crippen molar-refractivity contribution in [3.63, 3.8) is 0 Å². The van der Waals surface area contributed by atoms with Crippen LogP contribution in [0, 0.1) is 12.8 Å². The van der Waals surface area contributed by atoms with Gasteiger partial charge in [-0.3, -0.25) is 9.79 Å². The van der Waals surface area contributed by atoms with Crippen molar-refractivity contribution < 1.29 is 4.79 Å². The SMILES string of the molecule is CSc1nccc(N[C@H](C(=O)N2CCC[C@H]2C2=NC=C(c3ccc(C)cc3)C2)C(C)C)n1. The summed E-state index contributed by atoms with van der Waals surface area (Å²) in [4.78, 5) is 29.2. The number of nitrogens with one attached hydrogen (secondary N) is 1. The average molecular weight is 450 g/mol. The van der Waals surface area contributed by atoms with Gasteiger partial charge in [0.25, 0.3) is 0 Å². The molecular weight excluding hydrogens is 418 g/mol. The summed E-state index contributed by atoms with van der Waals surface area (Å²) in [6.07, 6.45) is 8.43. The first kappa shape index (κ1) is 22.5. The molecule has 6 nitrogen and oxygen atoms in total. The number of carbonyl (C=O) groups excluding carboxylic acids is 1. The maximum atomic E-state index is 13.6. The zero-order chi connectivity index (χ0) is 22.7. The van der Waals surface area contributed by atoms with Crippen LogP contribution in [0.4, 0.5) is 5.82 Å². The van der Waals surface area contributed by atoms with Crippen molar-refractivity contribution in [1.82, 2.24) is 14.9 Å². The fourth-order valence-electron chi connectivity index (χ4n) is 4.34. The van der Waals surface area contributed by atoms with E-state index in [4.69, 9.17) is 4.99 Å². The number of hydrogen-bond donors (Lipinski definition) is 1. The number of thioether (sulfide) groups is 1. The van der Waals surface area contributed by atoms with Gasteiger partial charge < -0.3 is 10.2 Å². The zero-order valence-corrected chi connectivity index (χ0v) is 20.0. The van der Waals surface area contributed by atoms with Gasteiger partial charge in [0.15, 0.2) is 5.16 Å². The molecule has 0 unspecified atom stereocenters. The van der Waals surface area contributed by atoms with E-state index >= 15 is 0 Å². The summed E-state index contributed by atoms with van der Waals surface area (Å²) in [5.41, 5.74) is 4.78. The van der Waals surface area contributed by atoms with Crippen LogP contribution in [0.5, 0.6) is 0 Å². The van der Waals surface area contributed by atoms with Crippen LogP contribution in [0.1, 0.15) is 44.2 Å². The molecular formula is C25H31N5OS. The number of anilines is 1. The van der Waals surface area contributed by atoms with Crippen LogP contribution in [0.2, 0.25) is 0 Å². The van der Waals surface area contributed by atoms with Crippen molar-refractivity contribution >= 4 is 34.8 Å². The Balaban J connectivity index is 1.47. The number of aryl methyl sites for hydroxylation is 1. The van der Waals surface area contributed by atoms with Crippen LogP contribution < -0.4 is 5.32 Å². The van der Waals surface area contributed by atoms with E-state index in [9.17, 15) is 4.79 Å². The molecule has 1 saturated heterocycles. The van der Waals surface area contributed by atoms with Crippen molar-refractivity contribution in [1.29, 1.82) is 0 Å². The van der Waals surface area contributed by atoms with Crippen LogP contribution in [0.3, 0.4) is 0 Å². The molecule has 1 amide bonds. The number of aliphatic imine (C=N–C) groups is 1. The predicted octanol–water partition coefficient (Wildman–Crippen LogP) is 4.82. The summed E-state index contributed by atoms with van der Waals surface area (Å²) in [7, 11) is 0. The van der Waals surface area contributed by atoms with Crippen LogP contribution in [0.15, 0.2) is 52.9 Å². The molecule has 0 radical (unpaired) electrons. The maximum Gasteiger partial charge on any atom is 0.245 e. The summed E-state index contributed by atoms with van der Waals surface area (Å²) < 4.78 is 0. The van der Waals surface area contributed by atoms with Gasteiger partial charge in [0.1, 0.15) is 11.9 Å². The van der Waals surface area contributed by atoms with Crippen LogP contribution in [-0.4, -0.2) is 51.4 Å². The predicted molar refractivity (Wildman–Crippen MR) is 132 cm³/mol. The number of allylic oxidation sites excluding steroid dienone is 1. The Hall–Kier alpha value is -2.67.